The maximum absolute atomic E-state index is 11.9. The molecule has 0 fully saturated rings. The first-order chi connectivity index (χ1) is 10.3. The molecule has 0 heterocycles. The van der Waals surface area contributed by atoms with E-state index >= 15 is 0 Å². The molecule has 7 nitrogen and oxygen atoms in total. The number of hydrogen-bond donors (Lipinski definition) is 1. The molecule has 0 aliphatic carbocycles. The van der Waals surface area contributed by atoms with Crippen LogP contribution in [-0.4, -0.2) is 36.2 Å². The van der Waals surface area contributed by atoms with Gasteiger partial charge in [-0.2, -0.15) is 0 Å². The summed E-state index contributed by atoms with van der Waals surface area (Å²) in [6.45, 7) is 6.14. The van der Waals surface area contributed by atoms with E-state index in [2.05, 4.69) is 11.3 Å². The maximum atomic E-state index is 11.9. The number of ether oxygens (including phenoxy) is 3. The molecule has 0 saturated heterocycles. The first kappa shape index (κ1) is 17.2. The predicted octanol–water partition coefficient (Wildman–Crippen LogP) is 1.59. The summed E-state index contributed by atoms with van der Waals surface area (Å²) in [6.07, 6.45) is -1.21. The van der Waals surface area contributed by atoms with Gasteiger partial charge in [-0.15, -0.1) is 0 Å². The van der Waals surface area contributed by atoms with Crippen LogP contribution in [0.5, 0.6) is 11.5 Å². The van der Waals surface area contributed by atoms with E-state index in [4.69, 9.17) is 9.47 Å². The van der Waals surface area contributed by atoms with Gasteiger partial charge in [0.05, 0.1) is 7.11 Å². The predicted molar refractivity (Wildman–Crippen MR) is 75.4 cm³/mol. The Morgan fingerprint density at radius 2 is 1.91 bits per heavy atom. The third-order valence-electron chi connectivity index (χ3n) is 2.57. The fourth-order valence-corrected chi connectivity index (χ4v) is 1.41. The smallest absolute Gasteiger partial charge is 0.352 e. The highest BCUT2D eigenvalue weighted by Gasteiger charge is 2.24. The lowest BCUT2D eigenvalue weighted by molar-refractivity contribution is -0.158. The van der Waals surface area contributed by atoms with Gasteiger partial charge in [-0.1, -0.05) is 12.6 Å². The minimum absolute atomic E-state index is 0.132. The highest BCUT2D eigenvalue weighted by molar-refractivity contribution is 5.96. The summed E-state index contributed by atoms with van der Waals surface area (Å²) in [7, 11) is 1.12. The topological polar surface area (TPSA) is 99.1 Å². The molecular formula is C15H16O7. The van der Waals surface area contributed by atoms with E-state index in [9.17, 15) is 19.5 Å². The van der Waals surface area contributed by atoms with Gasteiger partial charge in [0.25, 0.3) is 0 Å². The van der Waals surface area contributed by atoms with Crippen LogP contribution in [0.3, 0.4) is 0 Å². The summed E-state index contributed by atoms with van der Waals surface area (Å²) < 4.78 is 14.3. The third kappa shape index (κ3) is 4.08. The van der Waals surface area contributed by atoms with Gasteiger partial charge in [-0.3, -0.25) is 0 Å². The van der Waals surface area contributed by atoms with Crippen molar-refractivity contribution in [3.63, 3.8) is 0 Å². The van der Waals surface area contributed by atoms with Gasteiger partial charge in [0, 0.05) is 5.57 Å². The highest BCUT2D eigenvalue weighted by atomic mass is 16.6. The molecule has 0 radical (unpaired) electrons. The molecule has 0 aliphatic rings. The Morgan fingerprint density at radius 3 is 2.45 bits per heavy atom. The molecule has 118 valence electrons. The van der Waals surface area contributed by atoms with Crippen LogP contribution in [0.2, 0.25) is 0 Å². The lowest BCUT2D eigenvalue weighted by atomic mass is 10.2. The summed E-state index contributed by atoms with van der Waals surface area (Å²) >= 11 is 0. The molecule has 0 aliphatic heterocycles. The lowest BCUT2D eigenvalue weighted by Gasteiger charge is -2.14. The van der Waals surface area contributed by atoms with Crippen molar-refractivity contribution in [1.29, 1.82) is 0 Å². The summed E-state index contributed by atoms with van der Waals surface area (Å²) in [6, 6.07) is 3.93. The Hall–Kier alpha value is -2.83. The minimum Gasteiger partial charge on any atom is -0.507 e. The van der Waals surface area contributed by atoms with Gasteiger partial charge < -0.3 is 19.3 Å². The van der Waals surface area contributed by atoms with Gasteiger partial charge in [0.1, 0.15) is 17.1 Å². The van der Waals surface area contributed by atoms with Crippen LogP contribution >= 0.6 is 0 Å². The van der Waals surface area contributed by atoms with Crippen molar-refractivity contribution in [2.45, 2.75) is 20.0 Å². The van der Waals surface area contributed by atoms with Crippen molar-refractivity contribution in [3.8, 4) is 11.5 Å². The average Bonchev–Trinajstić information content (AvgIpc) is 2.46. The number of phenols is 1. The molecule has 0 amide bonds. The minimum atomic E-state index is -1.21. The summed E-state index contributed by atoms with van der Waals surface area (Å²) in [5, 5.41) is 9.67. The first-order valence-corrected chi connectivity index (χ1v) is 6.26. The number of phenolic OH excluding ortho intramolecular Hbond substituents is 1. The fourth-order valence-electron chi connectivity index (χ4n) is 1.41. The largest absolute Gasteiger partial charge is 0.507 e. The van der Waals surface area contributed by atoms with E-state index in [-0.39, 0.29) is 16.9 Å². The van der Waals surface area contributed by atoms with Crippen LogP contribution in [0.1, 0.15) is 24.2 Å². The second kappa shape index (κ2) is 7.26. The molecule has 1 atom stereocenters. The molecule has 1 unspecified atom stereocenters. The van der Waals surface area contributed by atoms with Crippen LogP contribution in [0.25, 0.3) is 0 Å². The van der Waals surface area contributed by atoms with Crippen LogP contribution in [0, 0.1) is 0 Å². The van der Waals surface area contributed by atoms with E-state index in [1.54, 1.807) is 0 Å². The Bertz CT molecular complexity index is 618. The number of benzene rings is 1. The van der Waals surface area contributed by atoms with Gasteiger partial charge in [-0.25, -0.2) is 14.4 Å². The Kier molecular flexibility index (Phi) is 5.68. The summed E-state index contributed by atoms with van der Waals surface area (Å²) in [4.78, 5) is 34.8. The van der Waals surface area contributed by atoms with E-state index in [0.29, 0.717) is 0 Å². The highest BCUT2D eigenvalue weighted by Crippen LogP contribution is 2.28. The second-order valence-corrected chi connectivity index (χ2v) is 4.39. The van der Waals surface area contributed by atoms with Gasteiger partial charge in [0.15, 0.2) is 6.10 Å². The van der Waals surface area contributed by atoms with Crippen molar-refractivity contribution in [3.05, 3.63) is 35.9 Å². The van der Waals surface area contributed by atoms with Gasteiger partial charge in [0.2, 0.25) is 0 Å². The first-order valence-electron chi connectivity index (χ1n) is 6.26. The molecule has 0 spiro atoms. The molecule has 22 heavy (non-hydrogen) atoms. The molecule has 0 bridgehead atoms. The second-order valence-electron chi connectivity index (χ2n) is 4.39. The zero-order valence-electron chi connectivity index (χ0n) is 12.4. The number of carbonyl (C=O) groups excluding carboxylic acids is 3. The van der Waals surface area contributed by atoms with Crippen molar-refractivity contribution in [2.24, 2.45) is 0 Å². The number of aromatic hydroxyl groups is 1. The Morgan fingerprint density at radius 1 is 1.27 bits per heavy atom. The van der Waals surface area contributed by atoms with E-state index < -0.39 is 29.8 Å². The van der Waals surface area contributed by atoms with Crippen LogP contribution in [-0.2, 0) is 19.1 Å². The standard InChI is InChI=1S/C15H16O7/c1-8(2)13(17)21-9(3)14(18)22-11-7-5-6-10(16)12(11)15(19)20-4/h5-7,9,16H,1H2,2-4H3. The molecular weight excluding hydrogens is 292 g/mol. The Balaban J connectivity index is 2.93. The van der Waals surface area contributed by atoms with Gasteiger partial charge >= 0.3 is 17.9 Å². The number of carbonyl (C=O) groups is 3. The molecule has 1 rings (SSSR count). The SMILES string of the molecule is C=C(C)C(=O)OC(C)C(=O)Oc1cccc(O)c1C(=O)OC. The van der Waals surface area contributed by atoms with Gasteiger partial charge in [-0.05, 0) is 26.0 Å². The number of rotatable bonds is 5. The zero-order valence-corrected chi connectivity index (χ0v) is 12.4. The van der Waals surface area contributed by atoms with Crippen LogP contribution < -0.4 is 4.74 Å². The quantitative estimate of drug-likeness (QED) is 0.501. The zero-order chi connectivity index (χ0) is 16.9. The number of esters is 3. The third-order valence-corrected chi connectivity index (χ3v) is 2.57. The van der Waals surface area contributed by atoms with Crippen LogP contribution in [0.15, 0.2) is 30.4 Å². The molecule has 1 aromatic rings. The molecule has 1 aromatic carbocycles. The van der Waals surface area contributed by atoms with Crippen molar-refractivity contribution in [2.75, 3.05) is 7.11 Å². The number of methoxy groups -OCH3 is 1. The van der Waals surface area contributed by atoms with Crippen molar-refractivity contribution < 1.29 is 33.7 Å². The van der Waals surface area contributed by atoms with E-state index in [0.717, 1.165) is 7.11 Å². The monoisotopic (exact) mass is 308 g/mol. The lowest BCUT2D eigenvalue weighted by Crippen LogP contribution is -2.29. The maximum Gasteiger partial charge on any atom is 0.352 e. The van der Waals surface area contributed by atoms with E-state index in [1.807, 2.05) is 0 Å². The summed E-state index contributed by atoms with van der Waals surface area (Å²) in [5.74, 6) is -3.12. The van der Waals surface area contributed by atoms with Crippen molar-refractivity contribution in [1.82, 2.24) is 0 Å². The molecule has 1 N–H and O–H groups in total. The molecule has 0 saturated carbocycles. The van der Waals surface area contributed by atoms with Crippen LogP contribution in [0.4, 0.5) is 0 Å². The average molecular weight is 308 g/mol. The summed E-state index contributed by atoms with van der Waals surface area (Å²) in [5.41, 5.74) is -0.163. The van der Waals surface area contributed by atoms with Crippen molar-refractivity contribution >= 4 is 17.9 Å². The molecule has 0 aromatic heterocycles. The normalized spacial score (nSPS) is 11.2. The van der Waals surface area contributed by atoms with E-state index in [1.165, 1.54) is 32.0 Å². The Labute approximate surface area is 127 Å². The molecule has 7 heteroatoms. The fraction of sp³-hybridized carbons (Fsp3) is 0.267. The number of hydrogen-bond acceptors (Lipinski definition) is 7.